The summed E-state index contributed by atoms with van der Waals surface area (Å²) in [6, 6.07) is 7.55. The Labute approximate surface area is 198 Å². The molecule has 4 heterocycles. The molecule has 4 aliphatic rings. The summed E-state index contributed by atoms with van der Waals surface area (Å²) in [5, 5.41) is 0. The second-order valence-corrected chi connectivity index (χ2v) is 9.06. The van der Waals surface area contributed by atoms with Crippen molar-refractivity contribution in [1.82, 2.24) is 9.80 Å². The lowest BCUT2D eigenvalue weighted by Gasteiger charge is -2.31. The number of fused-ring (bicyclic) bond motifs is 4. The van der Waals surface area contributed by atoms with Gasteiger partial charge in [-0.1, -0.05) is 6.07 Å². The highest BCUT2D eigenvalue weighted by atomic mass is 16.7. The Balaban J connectivity index is 1.19. The van der Waals surface area contributed by atoms with Gasteiger partial charge in [-0.2, -0.15) is 0 Å². The summed E-state index contributed by atoms with van der Waals surface area (Å²) < 4.78 is 28.5. The molecule has 1 fully saturated rings. The van der Waals surface area contributed by atoms with Crippen molar-refractivity contribution in [2.24, 2.45) is 0 Å². The molecule has 0 aliphatic carbocycles. The molecule has 1 saturated heterocycles. The van der Waals surface area contributed by atoms with Gasteiger partial charge in [0.1, 0.15) is 18.2 Å². The second-order valence-electron chi connectivity index (χ2n) is 9.06. The van der Waals surface area contributed by atoms with Crippen molar-refractivity contribution < 1.29 is 28.5 Å². The number of rotatable bonds is 5. The Morgan fingerprint density at radius 1 is 0.971 bits per heavy atom. The molecule has 8 heteroatoms. The predicted octanol–water partition coefficient (Wildman–Crippen LogP) is 3.21. The molecule has 0 unspecified atom stereocenters. The summed E-state index contributed by atoms with van der Waals surface area (Å²) in [6.07, 6.45) is 2.82. The Morgan fingerprint density at radius 2 is 1.79 bits per heavy atom. The van der Waals surface area contributed by atoms with Crippen LogP contribution in [0.5, 0.6) is 23.0 Å². The van der Waals surface area contributed by atoms with E-state index in [0.717, 1.165) is 68.3 Å². The molecule has 0 aromatic heterocycles. The number of hydrogen-bond donors (Lipinski definition) is 0. The molecule has 0 bridgehead atoms. The Bertz CT molecular complexity index is 1150. The summed E-state index contributed by atoms with van der Waals surface area (Å²) in [5.41, 5.74) is 3.27. The van der Waals surface area contributed by atoms with E-state index in [2.05, 4.69) is 9.80 Å². The van der Waals surface area contributed by atoms with Gasteiger partial charge in [-0.15, -0.1) is 0 Å². The molecule has 0 radical (unpaired) electrons. The van der Waals surface area contributed by atoms with Crippen LogP contribution in [0.2, 0.25) is 0 Å². The van der Waals surface area contributed by atoms with Gasteiger partial charge in [0, 0.05) is 26.2 Å². The van der Waals surface area contributed by atoms with E-state index < -0.39 is 0 Å². The van der Waals surface area contributed by atoms with Crippen LogP contribution in [-0.2, 0) is 11.3 Å². The lowest BCUT2D eigenvalue weighted by atomic mass is 9.98. The van der Waals surface area contributed by atoms with Gasteiger partial charge < -0.3 is 23.7 Å². The monoisotopic (exact) mass is 464 g/mol. The van der Waals surface area contributed by atoms with E-state index in [4.69, 9.17) is 23.7 Å². The summed E-state index contributed by atoms with van der Waals surface area (Å²) in [6.45, 7) is 9.00. The van der Waals surface area contributed by atoms with Gasteiger partial charge in [0.05, 0.1) is 24.3 Å². The average Bonchev–Trinajstić information content (AvgIpc) is 3.45. The molecule has 178 valence electrons. The minimum atomic E-state index is -0.0996. The van der Waals surface area contributed by atoms with E-state index in [1.165, 1.54) is 0 Å². The van der Waals surface area contributed by atoms with Gasteiger partial charge in [0.25, 0.3) is 0 Å². The van der Waals surface area contributed by atoms with Gasteiger partial charge >= 0.3 is 0 Å². The molecular weight excluding hydrogens is 436 g/mol. The fourth-order valence-corrected chi connectivity index (χ4v) is 4.92. The quantitative estimate of drug-likeness (QED) is 0.625. The van der Waals surface area contributed by atoms with Crippen molar-refractivity contribution in [2.45, 2.75) is 19.9 Å². The third-order valence-electron chi connectivity index (χ3n) is 6.73. The van der Waals surface area contributed by atoms with Gasteiger partial charge in [0.2, 0.25) is 12.6 Å². The van der Waals surface area contributed by atoms with Gasteiger partial charge in [0.15, 0.2) is 17.3 Å². The van der Waals surface area contributed by atoms with Crippen LogP contribution >= 0.6 is 0 Å². The minimum absolute atomic E-state index is 0.0996. The van der Waals surface area contributed by atoms with Crippen LogP contribution in [0, 0.1) is 6.92 Å². The zero-order chi connectivity index (χ0) is 23.1. The van der Waals surface area contributed by atoms with Crippen molar-refractivity contribution >= 4 is 11.9 Å². The first-order chi connectivity index (χ1) is 16.7. The van der Waals surface area contributed by atoms with Crippen LogP contribution < -0.4 is 18.9 Å². The van der Waals surface area contributed by atoms with E-state index in [-0.39, 0.29) is 12.6 Å². The van der Waals surface area contributed by atoms with E-state index in [0.29, 0.717) is 41.8 Å². The smallest absolute Gasteiger partial charge is 0.232 e. The number of aryl methyl sites for hydroxylation is 1. The molecule has 0 amide bonds. The SMILES string of the molecule is Cc1cc2c(c3c1C(=O)/C(=C/c1ccc4c(c1)OCO4)O3)CN(CCCN1CCOCC1)CO2. The summed E-state index contributed by atoms with van der Waals surface area (Å²) in [5.74, 6) is 3.03. The molecule has 0 N–H and O–H groups in total. The Hall–Kier alpha value is -3.07. The van der Waals surface area contributed by atoms with E-state index >= 15 is 0 Å². The summed E-state index contributed by atoms with van der Waals surface area (Å²) >= 11 is 0. The fourth-order valence-electron chi connectivity index (χ4n) is 4.92. The third-order valence-corrected chi connectivity index (χ3v) is 6.73. The highest BCUT2D eigenvalue weighted by Crippen LogP contribution is 2.44. The van der Waals surface area contributed by atoms with Crippen LogP contribution in [0.25, 0.3) is 6.08 Å². The normalized spacial score (nSPS) is 20.7. The molecule has 2 aromatic carbocycles. The van der Waals surface area contributed by atoms with Crippen LogP contribution in [0.3, 0.4) is 0 Å². The molecular formula is C26H28N2O6. The van der Waals surface area contributed by atoms with Gasteiger partial charge in [-0.3, -0.25) is 14.6 Å². The lowest BCUT2D eigenvalue weighted by Crippen LogP contribution is -2.39. The second kappa shape index (κ2) is 8.94. The number of Topliss-reactive ketones (excluding diaryl/α,β-unsaturated/α-hetero) is 1. The van der Waals surface area contributed by atoms with Crippen molar-refractivity contribution in [2.75, 3.05) is 52.9 Å². The van der Waals surface area contributed by atoms with Crippen LogP contribution in [-0.4, -0.2) is 68.5 Å². The maximum absolute atomic E-state index is 13.3. The Morgan fingerprint density at radius 3 is 2.68 bits per heavy atom. The topological polar surface area (TPSA) is 69.7 Å². The maximum Gasteiger partial charge on any atom is 0.232 e. The number of carbonyl (C=O) groups excluding carboxylic acids is 1. The molecule has 34 heavy (non-hydrogen) atoms. The summed E-state index contributed by atoms with van der Waals surface area (Å²) in [4.78, 5) is 18.0. The molecule has 4 aliphatic heterocycles. The molecule has 8 nitrogen and oxygen atoms in total. The van der Waals surface area contributed by atoms with E-state index in [1.54, 1.807) is 6.08 Å². The highest BCUT2D eigenvalue weighted by molar-refractivity contribution is 6.16. The first kappa shape index (κ1) is 21.5. The van der Waals surface area contributed by atoms with Crippen LogP contribution in [0.1, 0.15) is 33.5 Å². The van der Waals surface area contributed by atoms with Crippen LogP contribution in [0.15, 0.2) is 30.0 Å². The third kappa shape index (κ3) is 4.02. The number of hydrogen-bond acceptors (Lipinski definition) is 8. The van der Waals surface area contributed by atoms with E-state index in [9.17, 15) is 4.79 Å². The number of ketones is 1. The number of ether oxygens (including phenoxy) is 5. The molecule has 0 atom stereocenters. The zero-order valence-electron chi connectivity index (χ0n) is 19.3. The molecule has 6 rings (SSSR count). The van der Waals surface area contributed by atoms with Crippen molar-refractivity contribution in [3.63, 3.8) is 0 Å². The first-order valence-electron chi connectivity index (χ1n) is 11.8. The zero-order valence-corrected chi connectivity index (χ0v) is 19.3. The number of nitrogens with zero attached hydrogens (tertiary/aromatic N) is 2. The van der Waals surface area contributed by atoms with Crippen molar-refractivity contribution in [3.8, 4) is 23.0 Å². The average molecular weight is 465 g/mol. The lowest BCUT2D eigenvalue weighted by molar-refractivity contribution is 0.0329. The Kier molecular flexibility index (Phi) is 5.64. The molecule has 0 spiro atoms. The first-order valence-corrected chi connectivity index (χ1v) is 11.8. The molecule has 2 aromatic rings. The number of benzene rings is 2. The number of carbonyl (C=O) groups is 1. The number of morpholine rings is 1. The predicted molar refractivity (Wildman–Crippen MR) is 124 cm³/mol. The number of allylic oxidation sites excluding steroid dienone is 1. The minimum Gasteiger partial charge on any atom is -0.478 e. The highest BCUT2D eigenvalue weighted by Gasteiger charge is 2.35. The van der Waals surface area contributed by atoms with Gasteiger partial charge in [-0.25, -0.2) is 0 Å². The van der Waals surface area contributed by atoms with E-state index in [1.807, 2.05) is 31.2 Å². The maximum atomic E-state index is 13.3. The largest absolute Gasteiger partial charge is 0.478 e. The van der Waals surface area contributed by atoms with Gasteiger partial charge in [-0.05, 0) is 55.3 Å². The summed E-state index contributed by atoms with van der Waals surface area (Å²) in [7, 11) is 0. The van der Waals surface area contributed by atoms with Crippen molar-refractivity contribution in [1.29, 1.82) is 0 Å². The fraction of sp³-hybridized carbons (Fsp3) is 0.423. The van der Waals surface area contributed by atoms with Crippen LogP contribution in [0.4, 0.5) is 0 Å². The standard InChI is InChI=1S/C26H28N2O6/c1-17-11-21-19(14-28(15-31-21)6-2-5-27-7-9-30-10-8-27)26-24(17)25(29)23(34-26)13-18-3-4-20-22(12-18)33-16-32-20/h3-4,11-13H,2,5-10,14-16H2,1H3/b23-13-. The molecule has 0 saturated carbocycles. The van der Waals surface area contributed by atoms with Crippen molar-refractivity contribution in [3.05, 3.63) is 52.3 Å².